The van der Waals surface area contributed by atoms with Crippen LogP contribution < -0.4 is 52.4 Å². The molecule has 24 nitrogen and oxygen atoms in total. The van der Waals surface area contributed by atoms with Crippen LogP contribution in [0.4, 0.5) is 5.69 Å². The van der Waals surface area contributed by atoms with Crippen LogP contribution in [-0.2, 0) is 58.9 Å². The average molecular weight is 1200 g/mol. The number of nitrogens with two attached hydrogens (primary N) is 1. The third-order valence-electron chi connectivity index (χ3n) is 21.0. The maximum atomic E-state index is 13.2. The zero-order chi connectivity index (χ0) is 60.1. The number of guanidine groups is 1. The highest BCUT2D eigenvalue weighted by Gasteiger charge is 2.74. The number of anilines is 1. The molecular formula is C63H78N12O12. The molecule has 5 fully saturated rings. The molecule has 87 heavy (non-hydrogen) atoms. The van der Waals surface area contributed by atoms with Crippen molar-refractivity contribution in [1.29, 1.82) is 0 Å². The van der Waals surface area contributed by atoms with Crippen molar-refractivity contribution in [3.8, 4) is 23.0 Å². The molecule has 1 aromatic heterocycles. The van der Waals surface area contributed by atoms with Crippen LogP contribution in [0.15, 0.2) is 47.5 Å². The molecule has 4 aliphatic heterocycles. The normalized spacial score (nSPS) is 29.3. The molecule has 5 heterocycles. The monoisotopic (exact) mass is 1190 g/mol. The van der Waals surface area contributed by atoms with E-state index in [2.05, 4.69) is 57.0 Å². The van der Waals surface area contributed by atoms with Gasteiger partial charge >= 0.3 is 0 Å². The van der Waals surface area contributed by atoms with Crippen LogP contribution in [0.3, 0.4) is 0 Å². The number of aliphatic hydroxyl groups is 2. The van der Waals surface area contributed by atoms with Gasteiger partial charge in [-0.3, -0.25) is 43.6 Å². The van der Waals surface area contributed by atoms with Crippen molar-refractivity contribution < 1.29 is 58.7 Å². The number of aromatic amines is 1. The van der Waals surface area contributed by atoms with Crippen LogP contribution in [0.1, 0.15) is 117 Å². The molecule has 6 aliphatic carbocycles. The minimum absolute atomic E-state index is 0.0474. The Kier molecular flexibility index (Phi) is 14.4. The van der Waals surface area contributed by atoms with Gasteiger partial charge in [0.25, 0.3) is 0 Å². The van der Waals surface area contributed by atoms with Crippen LogP contribution >= 0.6 is 0 Å². The number of piperidine rings is 2. The number of aromatic hydroxyl groups is 2. The molecule has 462 valence electrons. The van der Waals surface area contributed by atoms with Gasteiger partial charge in [-0.05, 0) is 143 Å². The third kappa shape index (κ3) is 9.84. The molecular weight excluding hydrogens is 1120 g/mol. The number of aliphatic imine (C=N–C) groups is 1. The second kappa shape index (κ2) is 21.9. The van der Waals surface area contributed by atoms with E-state index in [1.54, 1.807) is 12.1 Å². The first-order valence-electron chi connectivity index (χ1n) is 31.3. The van der Waals surface area contributed by atoms with E-state index in [4.69, 9.17) is 15.2 Å². The Morgan fingerprint density at radius 3 is 1.90 bits per heavy atom. The number of phenolic OH excluding ortho intramolecular Hbond substituents is 2. The zero-order valence-corrected chi connectivity index (χ0v) is 48.7. The Morgan fingerprint density at radius 2 is 1.25 bits per heavy atom. The summed E-state index contributed by atoms with van der Waals surface area (Å²) in [4.78, 5) is 88.8. The first-order valence-corrected chi connectivity index (χ1v) is 31.3. The summed E-state index contributed by atoms with van der Waals surface area (Å²) in [6.07, 6.45) is 8.47. The van der Waals surface area contributed by atoms with Crippen LogP contribution in [0.5, 0.6) is 23.0 Å². The van der Waals surface area contributed by atoms with E-state index >= 15 is 0 Å². The highest BCUT2D eigenvalue weighted by atomic mass is 16.5. The van der Waals surface area contributed by atoms with E-state index in [0.717, 1.165) is 82.7 Å². The van der Waals surface area contributed by atoms with Crippen LogP contribution in [-0.4, -0.2) is 177 Å². The predicted octanol–water partition coefficient (Wildman–Crippen LogP) is 0.895. The lowest BCUT2D eigenvalue weighted by molar-refractivity contribution is -0.191. The number of nitrogens with one attached hydrogen (secondary N) is 8. The summed E-state index contributed by atoms with van der Waals surface area (Å²) >= 11 is 0. The maximum absolute atomic E-state index is 13.2. The number of nitrogens with zero attached hydrogens (tertiary/aromatic N) is 3. The SMILES string of the molecule is NC(=NCCCCNC(=O)CNC(=O)CNC(=O)CCC(=O)NCC(=O)NCC(=O)N[C@H]1C[C@@H]2Oc3c(O)ccc4c3[C@@]23CCN(CC2CC2)[C@H](C4)[C@]3(O)C1)Nc1ccc2[nH]c3c(c2c1)C[C@@]1(O)[C@H]2Cc4ccc(O)c5c4[C@@]1(CCN2CC1CC1)[C@H]3O5. The molecule has 6 amide bonds. The second-order valence-electron chi connectivity index (χ2n) is 26.3. The molecule has 10 aliphatic rings. The summed E-state index contributed by atoms with van der Waals surface area (Å²) in [5.74, 6) is -0.675. The van der Waals surface area contributed by atoms with Gasteiger partial charge < -0.3 is 77.8 Å². The van der Waals surface area contributed by atoms with Gasteiger partial charge in [-0.1, -0.05) is 12.1 Å². The summed E-state index contributed by atoms with van der Waals surface area (Å²) < 4.78 is 13.2. The van der Waals surface area contributed by atoms with E-state index in [-0.39, 0.29) is 55.5 Å². The number of likely N-dealkylation sites (tertiary alicyclic amines) is 2. The van der Waals surface area contributed by atoms with Crippen molar-refractivity contribution in [3.05, 3.63) is 76.0 Å². The van der Waals surface area contributed by atoms with Crippen molar-refractivity contribution in [3.63, 3.8) is 0 Å². The minimum atomic E-state index is -1.21. The first-order chi connectivity index (χ1) is 41.9. The number of amides is 6. The largest absolute Gasteiger partial charge is 0.504 e. The van der Waals surface area contributed by atoms with Gasteiger partial charge in [-0.2, -0.15) is 0 Å². The van der Waals surface area contributed by atoms with Gasteiger partial charge in [-0.25, -0.2) is 0 Å². The molecule has 3 saturated carbocycles. The lowest BCUT2D eigenvalue weighted by Gasteiger charge is -2.64. The molecule has 24 heteroatoms. The Hall–Kier alpha value is -7.67. The van der Waals surface area contributed by atoms with Crippen LogP contribution in [0, 0.1) is 11.8 Å². The first kappa shape index (κ1) is 57.1. The van der Waals surface area contributed by atoms with E-state index in [1.807, 2.05) is 30.3 Å². The van der Waals surface area contributed by atoms with Gasteiger partial charge in [0.1, 0.15) is 6.10 Å². The van der Waals surface area contributed by atoms with E-state index in [1.165, 1.54) is 25.7 Å². The van der Waals surface area contributed by atoms with Gasteiger partial charge in [0, 0.05) is 97.7 Å². The Labute approximate surface area is 502 Å². The van der Waals surface area contributed by atoms with Gasteiger partial charge in [-0.15, -0.1) is 0 Å². The number of carbonyl (C=O) groups excluding carboxylic acids is 6. The number of H-pyrrole nitrogens is 1. The summed E-state index contributed by atoms with van der Waals surface area (Å²) in [5, 5.41) is 67.7. The van der Waals surface area contributed by atoms with Crippen molar-refractivity contribution in [1.82, 2.24) is 46.7 Å². The number of ether oxygens (including phenoxy) is 2. The number of aromatic nitrogens is 1. The molecule has 2 saturated heterocycles. The minimum Gasteiger partial charge on any atom is -0.504 e. The van der Waals surface area contributed by atoms with Gasteiger partial charge in [0.05, 0.1) is 53.9 Å². The maximum Gasteiger partial charge on any atom is 0.239 e. The number of hydrogen-bond donors (Lipinski definition) is 13. The molecule has 4 bridgehead atoms. The molecule has 2 spiro atoms. The van der Waals surface area contributed by atoms with Crippen molar-refractivity contribution in [2.24, 2.45) is 22.6 Å². The summed E-state index contributed by atoms with van der Waals surface area (Å²) in [5.41, 5.74) is 10.4. The van der Waals surface area contributed by atoms with E-state index in [9.17, 15) is 49.2 Å². The Bertz CT molecular complexity index is 3530. The summed E-state index contributed by atoms with van der Waals surface area (Å²) in [6.45, 7) is 2.80. The lowest BCUT2D eigenvalue weighted by Crippen LogP contribution is -2.77. The predicted molar refractivity (Wildman–Crippen MR) is 317 cm³/mol. The highest BCUT2D eigenvalue weighted by Crippen LogP contribution is 2.70. The number of benzene rings is 3. The Morgan fingerprint density at radius 1 is 0.678 bits per heavy atom. The zero-order valence-electron chi connectivity index (χ0n) is 48.7. The highest BCUT2D eigenvalue weighted by molar-refractivity contribution is 5.97. The molecule has 9 atom stereocenters. The fourth-order valence-electron chi connectivity index (χ4n) is 16.8. The standard InChI is InChI=1S/C63H78N12O12/c64-59(72-37-9-10-41-39(23-37)40-26-63(85)45-22-36-8-12-43(77)57-54(36)61(63,58(87-57)55(40)73-41)16-20-75(45)32-34-5-6-34)66-18-2-1-17-65-49(80)27-69-50(81)28-67-47(78)13-14-48(79)68-29-51(82)70-30-52(83)71-38-24-46-60-15-19-74(31-33-3-4-33)44(62(60,84)25-38)21-35-7-11-42(76)56(86-46)53(35)60/h7-12,23,33-34,38,44-46,58,73,76-77,84-85H,1-6,13-22,24-32H2,(H,65,80)(H,67,78)(H,68,79)(H,69,81)(H,70,82)(H,71,83)(H3,64,66,72)/t38-,44+,45+,46-,58-,60+,61-,62+,63+/m0/s1. The Balaban J connectivity index is 0.469. The van der Waals surface area contributed by atoms with E-state index < -0.39 is 88.8 Å². The quantitative estimate of drug-likeness (QED) is 0.0295. The van der Waals surface area contributed by atoms with Crippen molar-refractivity contribution in [2.75, 3.05) is 70.8 Å². The van der Waals surface area contributed by atoms with E-state index in [0.29, 0.717) is 87.8 Å². The van der Waals surface area contributed by atoms with Gasteiger partial charge in [0.15, 0.2) is 35.1 Å². The number of hydrogen-bond acceptors (Lipinski definition) is 15. The molecule has 4 aromatic rings. The summed E-state index contributed by atoms with van der Waals surface area (Å²) in [7, 11) is 0. The van der Waals surface area contributed by atoms with Gasteiger partial charge in [0.2, 0.25) is 35.4 Å². The number of fused-ring (bicyclic) bond motifs is 4. The number of rotatable bonds is 22. The third-order valence-corrected chi connectivity index (χ3v) is 21.0. The van der Waals surface area contributed by atoms with Crippen molar-refractivity contribution in [2.45, 2.75) is 149 Å². The van der Waals surface area contributed by atoms with Crippen molar-refractivity contribution >= 4 is 58.0 Å². The smallest absolute Gasteiger partial charge is 0.239 e. The lowest BCUT2D eigenvalue weighted by atomic mass is 9.48. The fraction of sp³-hybridized carbons (Fsp3) is 0.571. The van der Waals surface area contributed by atoms with Crippen LogP contribution in [0.2, 0.25) is 0 Å². The molecule has 0 radical (unpaired) electrons. The number of unbranched alkanes of at least 4 members (excludes halogenated alkanes) is 1. The number of carbonyl (C=O) groups is 6. The number of phenols is 2. The summed E-state index contributed by atoms with van der Waals surface area (Å²) in [6, 6.07) is 12.6. The topological polar surface area (TPSA) is 347 Å². The fourth-order valence-corrected chi connectivity index (χ4v) is 16.8. The molecule has 14 N–H and O–H groups in total. The average Bonchev–Trinajstić information content (AvgIpc) is 1.38. The molecule has 0 unspecified atom stereocenters. The molecule has 14 rings (SSSR count). The van der Waals surface area contributed by atoms with Crippen LogP contribution in [0.25, 0.3) is 10.9 Å². The second-order valence-corrected chi connectivity index (χ2v) is 26.3. The molecule has 3 aromatic carbocycles.